The van der Waals surface area contributed by atoms with Crippen LogP contribution in [0.25, 0.3) is 44.4 Å². The minimum absolute atomic E-state index is 0. The summed E-state index contributed by atoms with van der Waals surface area (Å²) in [7, 11) is 0. The van der Waals surface area contributed by atoms with Gasteiger partial charge >= 0.3 is 21.1 Å². The van der Waals surface area contributed by atoms with E-state index in [1.165, 1.54) is 27.6 Å². The largest absolute Gasteiger partial charge is 2.00 e. The number of fused-ring (bicyclic) bond motifs is 3. The summed E-state index contributed by atoms with van der Waals surface area (Å²) in [6.07, 6.45) is 3.60. The molecular formula is C45H46N4OPt. The first-order valence-corrected chi connectivity index (χ1v) is 17.9. The second-order valence-electron chi connectivity index (χ2n) is 14.6. The van der Waals surface area contributed by atoms with E-state index in [-0.39, 0.29) is 26.5 Å². The fourth-order valence-electron chi connectivity index (χ4n) is 6.87. The Kier molecular flexibility index (Phi) is 10.4. The van der Waals surface area contributed by atoms with Crippen molar-refractivity contribution in [1.29, 1.82) is 0 Å². The van der Waals surface area contributed by atoms with Crippen LogP contribution in [0, 0.1) is 18.1 Å². The van der Waals surface area contributed by atoms with Gasteiger partial charge in [-0.2, -0.15) is 17.2 Å². The molecule has 0 fully saturated rings. The van der Waals surface area contributed by atoms with Gasteiger partial charge in [0.2, 0.25) is 0 Å². The molecule has 0 aliphatic rings. The molecule has 7 aromatic rings. The summed E-state index contributed by atoms with van der Waals surface area (Å²) in [5, 5.41) is 7.38. The van der Waals surface area contributed by atoms with E-state index >= 15 is 0 Å². The molecule has 0 bridgehead atoms. The van der Waals surface area contributed by atoms with Gasteiger partial charge in [0.25, 0.3) is 0 Å². The second kappa shape index (κ2) is 14.6. The van der Waals surface area contributed by atoms with E-state index in [0.29, 0.717) is 23.3 Å². The predicted octanol–water partition coefficient (Wildman–Crippen LogP) is 11.6. The van der Waals surface area contributed by atoms with Gasteiger partial charge in [-0.05, 0) is 76.1 Å². The third-order valence-electron chi connectivity index (χ3n) is 10.0. The van der Waals surface area contributed by atoms with E-state index in [2.05, 4.69) is 139 Å². The van der Waals surface area contributed by atoms with Crippen molar-refractivity contribution in [2.45, 2.75) is 79.6 Å². The summed E-state index contributed by atoms with van der Waals surface area (Å²) in [4.78, 5) is 4.88. The number of ether oxygens (including phenoxy) is 1. The van der Waals surface area contributed by atoms with Crippen LogP contribution in [0.3, 0.4) is 0 Å². The maximum absolute atomic E-state index is 6.54. The van der Waals surface area contributed by atoms with Crippen LogP contribution < -0.4 is 4.74 Å². The molecule has 5 nitrogen and oxygen atoms in total. The summed E-state index contributed by atoms with van der Waals surface area (Å²) in [5.74, 6) is 3.08. The number of aromatic nitrogens is 4. The quantitative estimate of drug-likeness (QED) is 0.136. The van der Waals surface area contributed by atoms with Crippen molar-refractivity contribution in [3.63, 3.8) is 0 Å². The molecular weight excluding hydrogens is 808 g/mol. The Hall–Kier alpha value is -4.47. The number of hydrogen-bond acceptors (Lipinski definition) is 3. The molecule has 1 unspecified atom stereocenters. The Morgan fingerprint density at radius 3 is 2.25 bits per heavy atom. The van der Waals surface area contributed by atoms with Gasteiger partial charge in [0, 0.05) is 34.5 Å². The number of nitrogens with zero attached hydrogens (tertiary/aromatic N) is 4. The van der Waals surface area contributed by atoms with Gasteiger partial charge in [0.15, 0.2) is 0 Å². The fraction of sp³-hybridized carbons (Fsp3) is 0.289. The van der Waals surface area contributed by atoms with Crippen LogP contribution in [0.4, 0.5) is 0 Å². The first kappa shape index (κ1) is 36.3. The maximum atomic E-state index is 6.54. The average Bonchev–Trinajstić information content (AvgIpc) is 3.66. The maximum Gasteiger partial charge on any atom is 2.00 e. The van der Waals surface area contributed by atoms with E-state index in [9.17, 15) is 0 Å². The molecule has 0 aliphatic heterocycles. The number of pyridine rings is 1. The molecule has 0 spiro atoms. The minimum atomic E-state index is -0.0128. The van der Waals surface area contributed by atoms with Gasteiger partial charge in [-0.3, -0.25) is 4.68 Å². The van der Waals surface area contributed by atoms with Crippen LogP contribution in [-0.2, 0) is 39.3 Å². The third kappa shape index (κ3) is 6.94. The zero-order chi connectivity index (χ0) is 35.2. The molecule has 0 N–H and O–H groups in total. The zero-order valence-corrected chi connectivity index (χ0v) is 33.1. The van der Waals surface area contributed by atoms with Gasteiger partial charge < -0.3 is 9.30 Å². The Bertz CT molecular complexity index is 2310. The summed E-state index contributed by atoms with van der Waals surface area (Å²) >= 11 is 0. The SMILES string of the molecule is CCc1nn(-c2[c-]c(Oc3[c-]c4c(cc3)c3cc(C(C)C(C)C)ccc3n4-c3cc(C(C)(C)C)ccn3)ccc2)c(CC)c1-c1ccccc1.[Pt+2]. The van der Waals surface area contributed by atoms with Crippen LogP contribution in [0.15, 0.2) is 97.2 Å². The molecule has 0 saturated carbocycles. The van der Waals surface area contributed by atoms with E-state index in [1.54, 1.807) is 0 Å². The average molecular weight is 854 g/mol. The van der Waals surface area contributed by atoms with Crippen molar-refractivity contribution >= 4 is 21.8 Å². The minimum Gasteiger partial charge on any atom is -0.509 e. The zero-order valence-electron chi connectivity index (χ0n) is 30.8. The van der Waals surface area contributed by atoms with Crippen molar-refractivity contribution in [1.82, 2.24) is 19.3 Å². The van der Waals surface area contributed by atoms with E-state index in [1.807, 2.05) is 35.1 Å². The Morgan fingerprint density at radius 2 is 1.55 bits per heavy atom. The molecule has 0 radical (unpaired) electrons. The van der Waals surface area contributed by atoms with Crippen LogP contribution in [0.2, 0.25) is 0 Å². The van der Waals surface area contributed by atoms with Crippen molar-refractivity contribution in [2.24, 2.45) is 5.92 Å². The summed E-state index contributed by atoms with van der Waals surface area (Å²) in [6, 6.07) is 39.0. The van der Waals surface area contributed by atoms with Crippen molar-refractivity contribution < 1.29 is 25.8 Å². The molecule has 7 rings (SSSR count). The van der Waals surface area contributed by atoms with Crippen LogP contribution in [0.1, 0.15) is 83.8 Å². The van der Waals surface area contributed by atoms with Gasteiger partial charge in [-0.15, -0.1) is 35.7 Å². The van der Waals surface area contributed by atoms with Crippen molar-refractivity contribution in [3.8, 4) is 34.1 Å². The molecule has 262 valence electrons. The van der Waals surface area contributed by atoms with Gasteiger partial charge in [0.05, 0.1) is 5.69 Å². The number of rotatable bonds is 9. The molecule has 3 aromatic heterocycles. The van der Waals surface area contributed by atoms with E-state index < -0.39 is 0 Å². The van der Waals surface area contributed by atoms with Crippen LogP contribution in [0.5, 0.6) is 11.5 Å². The van der Waals surface area contributed by atoms with Crippen LogP contribution >= 0.6 is 0 Å². The Balaban J connectivity index is 0.00000448. The Morgan fingerprint density at radius 1 is 0.784 bits per heavy atom. The molecule has 1 atom stereocenters. The van der Waals surface area contributed by atoms with Gasteiger partial charge in [-0.25, -0.2) is 4.98 Å². The Labute approximate surface area is 317 Å². The predicted molar refractivity (Wildman–Crippen MR) is 206 cm³/mol. The molecule has 0 amide bonds. The summed E-state index contributed by atoms with van der Waals surface area (Å²) in [5.41, 5.74) is 10.1. The molecule has 6 heteroatoms. The monoisotopic (exact) mass is 853 g/mol. The van der Waals surface area contributed by atoms with Crippen molar-refractivity contribution in [3.05, 3.63) is 132 Å². The van der Waals surface area contributed by atoms with E-state index in [4.69, 9.17) is 14.8 Å². The summed E-state index contributed by atoms with van der Waals surface area (Å²) in [6.45, 7) is 17.9. The summed E-state index contributed by atoms with van der Waals surface area (Å²) < 4.78 is 10.8. The third-order valence-corrected chi connectivity index (χ3v) is 10.0. The molecule has 0 aliphatic carbocycles. The topological polar surface area (TPSA) is 44.9 Å². The molecule has 0 saturated heterocycles. The van der Waals surface area contributed by atoms with Gasteiger partial charge in [0.1, 0.15) is 5.82 Å². The number of aryl methyl sites for hydroxylation is 1. The molecule has 51 heavy (non-hydrogen) atoms. The molecule has 4 aromatic carbocycles. The van der Waals surface area contributed by atoms with Crippen LogP contribution in [-0.4, -0.2) is 19.3 Å². The van der Waals surface area contributed by atoms with Gasteiger partial charge in [-0.1, -0.05) is 103 Å². The van der Waals surface area contributed by atoms with Crippen molar-refractivity contribution in [2.75, 3.05) is 0 Å². The second-order valence-corrected chi connectivity index (χ2v) is 14.6. The normalized spacial score (nSPS) is 12.4. The van der Waals surface area contributed by atoms with E-state index in [0.717, 1.165) is 52.2 Å². The number of benzene rings is 4. The first-order chi connectivity index (χ1) is 24.1. The fourth-order valence-corrected chi connectivity index (χ4v) is 6.87. The first-order valence-electron chi connectivity index (χ1n) is 17.9. The molecule has 3 heterocycles. The smallest absolute Gasteiger partial charge is 0.509 e. The number of hydrogen-bond donors (Lipinski definition) is 0. The standard InChI is InChI=1S/C45H46N4O.Pt/c1-9-39-44(31-15-12-11-13-16-31)40(10-2)49(47-39)34-17-14-18-35(27-34)50-36-20-21-37-38-25-32(30(5)29(3)4)19-22-41(38)48(42(37)28-36)43-26-33(23-24-46-43)45(6,7)8;/h11-26,29-30H,9-10H2,1-8H3;/q-2;+2.